The monoisotopic (exact) mass is 286 g/mol. The number of carbonyl (C=O) groups is 2. The Hall–Kier alpha value is 2.05. The van der Waals surface area contributed by atoms with Gasteiger partial charge in [-0.05, 0) is 0 Å². The molecule has 10 heteroatoms. The van der Waals surface area contributed by atoms with Gasteiger partial charge in [0, 0.05) is 0 Å². The molecule has 0 saturated carbocycles. The third-order valence-electron chi connectivity index (χ3n) is 1.48. The molecule has 4 N–H and O–H groups in total. The van der Waals surface area contributed by atoms with Crippen molar-refractivity contribution in [1.29, 1.82) is 0 Å². The Bertz CT molecular complexity index is 211. The summed E-state index contributed by atoms with van der Waals surface area (Å²) in [5.74, 6) is -4.22. The van der Waals surface area contributed by atoms with Crippen LogP contribution in [-0.2, 0) is 9.59 Å². The molecule has 0 saturated heterocycles. The van der Waals surface area contributed by atoms with E-state index < -0.39 is 36.4 Å². The van der Waals surface area contributed by atoms with Gasteiger partial charge < -0.3 is 40.2 Å². The second-order valence-electron chi connectivity index (χ2n) is 2.51. The van der Waals surface area contributed by atoms with Crippen molar-refractivity contribution in [2.45, 2.75) is 24.4 Å². The Balaban J connectivity index is -0.000000845. The maximum atomic E-state index is 9.96. The van der Waals surface area contributed by atoms with E-state index in [0.717, 1.165) is 0 Å². The fourth-order valence-corrected chi connectivity index (χ4v) is 0.652. The number of hydrogen-bond acceptors (Lipinski definition) is 8. The summed E-state index contributed by atoms with van der Waals surface area (Å²) in [7, 11) is 0. The first-order valence-corrected chi connectivity index (χ1v) is 3.43. The van der Waals surface area contributed by atoms with E-state index in [0.29, 0.717) is 0 Å². The third kappa shape index (κ3) is 7.48. The standard InChI is InChI=1S/C6H10O8.2K/c7-1(3(9)5(11)12)2(8)4(10)6(13)14;;/h1-4,7-10H,(H,11,12)(H,13,14);;/q;2*+1/p-2/t1-,2+,3+,4-;;. The zero-order chi connectivity index (χ0) is 11.5. The molecule has 0 heterocycles. The average Bonchev–Trinajstić information content (AvgIpc) is 2.12. The van der Waals surface area contributed by atoms with Crippen molar-refractivity contribution in [2.24, 2.45) is 0 Å². The van der Waals surface area contributed by atoms with Gasteiger partial charge in [0.05, 0.1) is 11.9 Å². The minimum Gasteiger partial charge on any atom is -0.547 e. The predicted octanol–water partition coefficient (Wildman–Crippen LogP) is -12.1. The number of carboxylic acid groups (broad SMARTS) is 2. The fraction of sp³-hybridized carbons (Fsp3) is 0.667. The number of hydrogen-bond donors (Lipinski definition) is 4. The van der Waals surface area contributed by atoms with Gasteiger partial charge in [-0.1, -0.05) is 0 Å². The fourth-order valence-electron chi connectivity index (χ4n) is 0.652. The van der Waals surface area contributed by atoms with Crippen molar-refractivity contribution in [3.63, 3.8) is 0 Å². The number of aliphatic carboxylic acids is 2. The van der Waals surface area contributed by atoms with Crippen molar-refractivity contribution in [3.05, 3.63) is 0 Å². The van der Waals surface area contributed by atoms with Crippen LogP contribution in [0.15, 0.2) is 0 Å². The summed E-state index contributed by atoms with van der Waals surface area (Å²) in [5, 5.41) is 54.7. The van der Waals surface area contributed by atoms with Gasteiger partial charge in [0.1, 0.15) is 24.4 Å². The van der Waals surface area contributed by atoms with Crippen molar-refractivity contribution in [2.75, 3.05) is 0 Å². The minimum absolute atomic E-state index is 0. The number of aliphatic hydroxyl groups is 4. The van der Waals surface area contributed by atoms with E-state index in [-0.39, 0.29) is 103 Å². The first-order valence-electron chi connectivity index (χ1n) is 3.43. The van der Waals surface area contributed by atoms with Gasteiger partial charge in [0.15, 0.2) is 0 Å². The molecule has 0 fully saturated rings. The first kappa shape index (κ1) is 23.2. The smallest absolute Gasteiger partial charge is 0.547 e. The van der Waals surface area contributed by atoms with E-state index in [2.05, 4.69) is 0 Å². The molecule has 0 radical (unpaired) electrons. The molecule has 0 rings (SSSR count). The molecule has 0 unspecified atom stereocenters. The molecule has 0 aliphatic heterocycles. The zero-order valence-corrected chi connectivity index (χ0v) is 15.0. The van der Waals surface area contributed by atoms with Crippen LogP contribution in [0, 0.1) is 0 Å². The molecule has 0 aromatic carbocycles. The van der Waals surface area contributed by atoms with Crippen LogP contribution in [0.3, 0.4) is 0 Å². The predicted molar refractivity (Wildman–Crippen MR) is 34.0 cm³/mol. The summed E-state index contributed by atoms with van der Waals surface area (Å²) in [6.45, 7) is 0. The molecule has 0 aliphatic carbocycles. The second kappa shape index (κ2) is 10.9. The molecule has 82 valence electrons. The molecule has 0 amide bonds. The van der Waals surface area contributed by atoms with Crippen LogP contribution < -0.4 is 113 Å². The van der Waals surface area contributed by atoms with Gasteiger partial charge in [-0.25, -0.2) is 0 Å². The van der Waals surface area contributed by atoms with Crippen molar-refractivity contribution in [1.82, 2.24) is 0 Å². The Morgan fingerprint density at radius 3 is 1.06 bits per heavy atom. The zero-order valence-electron chi connectivity index (χ0n) is 8.73. The molecule has 8 nitrogen and oxygen atoms in total. The number of aliphatic hydroxyl groups excluding tert-OH is 4. The molecule has 16 heavy (non-hydrogen) atoms. The molecule has 0 spiro atoms. The Morgan fingerprint density at radius 2 is 0.938 bits per heavy atom. The maximum Gasteiger partial charge on any atom is 1.00 e. The van der Waals surface area contributed by atoms with Crippen molar-refractivity contribution < 1.29 is 143 Å². The van der Waals surface area contributed by atoms with Gasteiger partial charge in [0.25, 0.3) is 0 Å². The maximum absolute atomic E-state index is 9.96. The number of rotatable bonds is 5. The molecule has 0 aromatic rings. The van der Waals surface area contributed by atoms with E-state index in [9.17, 15) is 19.8 Å². The quantitative estimate of drug-likeness (QED) is 0.362. The van der Waals surface area contributed by atoms with Crippen LogP contribution in [0.1, 0.15) is 0 Å². The SMILES string of the molecule is O=C([O-])[C@@H](O)[C@H](O)[C@H](O)[C@@H](O)C(=O)[O-].[K+].[K+]. The summed E-state index contributed by atoms with van der Waals surface area (Å²) in [6, 6.07) is 0. The van der Waals surface area contributed by atoms with Gasteiger partial charge in [0.2, 0.25) is 0 Å². The van der Waals surface area contributed by atoms with Crippen LogP contribution in [0.4, 0.5) is 0 Å². The minimum atomic E-state index is -2.50. The van der Waals surface area contributed by atoms with Gasteiger partial charge in [-0.15, -0.1) is 0 Å². The van der Waals surface area contributed by atoms with Crippen LogP contribution >= 0.6 is 0 Å². The molecule has 0 bridgehead atoms. The van der Waals surface area contributed by atoms with E-state index in [1.165, 1.54) is 0 Å². The summed E-state index contributed by atoms with van der Waals surface area (Å²) in [6.07, 6.45) is -9.76. The summed E-state index contributed by atoms with van der Waals surface area (Å²) < 4.78 is 0. The molecule has 4 atom stereocenters. The topological polar surface area (TPSA) is 161 Å². The largest absolute Gasteiger partial charge is 1.00 e. The van der Waals surface area contributed by atoms with Crippen molar-refractivity contribution in [3.8, 4) is 0 Å². The van der Waals surface area contributed by atoms with Gasteiger partial charge >= 0.3 is 103 Å². The Morgan fingerprint density at radius 1 is 0.750 bits per heavy atom. The summed E-state index contributed by atoms with van der Waals surface area (Å²) >= 11 is 0. The van der Waals surface area contributed by atoms with Crippen LogP contribution in [-0.4, -0.2) is 56.8 Å². The average molecular weight is 286 g/mol. The van der Waals surface area contributed by atoms with Crippen molar-refractivity contribution >= 4 is 11.9 Å². The molecule has 0 aromatic heterocycles. The normalized spacial score (nSPS) is 17.0. The molecular formula is C6H8K2O8. The molecule has 0 aliphatic rings. The molecular weight excluding hydrogens is 278 g/mol. The van der Waals surface area contributed by atoms with Crippen LogP contribution in [0.25, 0.3) is 0 Å². The Labute approximate surface area is 175 Å². The van der Waals surface area contributed by atoms with Crippen LogP contribution in [0.2, 0.25) is 0 Å². The summed E-state index contributed by atoms with van der Waals surface area (Å²) in [5.41, 5.74) is 0. The van der Waals surface area contributed by atoms with Gasteiger partial charge in [-0.3, -0.25) is 0 Å². The number of carbonyl (C=O) groups excluding carboxylic acids is 2. The second-order valence-corrected chi connectivity index (χ2v) is 2.51. The first-order chi connectivity index (χ1) is 6.29. The third-order valence-corrected chi connectivity index (χ3v) is 1.48. The summed E-state index contributed by atoms with van der Waals surface area (Å²) in [4.78, 5) is 19.9. The van der Waals surface area contributed by atoms with E-state index in [4.69, 9.17) is 20.4 Å². The number of carboxylic acids is 2. The van der Waals surface area contributed by atoms with E-state index in [1.807, 2.05) is 0 Å². The van der Waals surface area contributed by atoms with E-state index >= 15 is 0 Å². The van der Waals surface area contributed by atoms with Gasteiger partial charge in [-0.2, -0.15) is 0 Å². The van der Waals surface area contributed by atoms with E-state index in [1.54, 1.807) is 0 Å². The Kier molecular flexibility index (Phi) is 15.8. The van der Waals surface area contributed by atoms with Crippen LogP contribution in [0.5, 0.6) is 0 Å².